The Bertz CT molecular complexity index is 1220. The summed E-state index contributed by atoms with van der Waals surface area (Å²) in [6.45, 7) is 0. The van der Waals surface area contributed by atoms with Crippen molar-refractivity contribution in [1.82, 2.24) is 15.2 Å². The number of pyridine rings is 1. The first kappa shape index (κ1) is 22.6. The molecule has 170 valence electrons. The van der Waals surface area contributed by atoms with Crippen molar-refractivity contribution in [3.63, 3.8) is 0 Å². The number of aromatic nitrogens is 1. The Morgan fingerprint density at radius 1 is 0.939 bits per heavy atom. The number of halogens is 1. The van der Waals surface area contributed by atoms with Crippen molar-refractivity contribution in [3.05, 3.63) is 93.4 Å². The summed E-state index contributed by atoms with van der Waals surface area (Å²) in [6, 6.07) is 16.3. The summed E-state index contributed by atoms with van der Waals surface area (Å²) in [5, 5.41) is 6.49. The molecule has 1 fully saturated rings. The minimum absolute atomic E-state index is 0.141. The van der Waals surface area contributed by atoms with Gasteiger partial charge in [-0.3, -0.25) is 19.0 Å². The average molecular weight is 466 g/mol. The Morgan fingerprint density at radius 2 is 1.58 bits per heavy atom. The molecule has 0 radical (unpaired) electrons. The Hall–Kier alpha value is -3.58. The van der Waals surface area contributed by atoms with Gasteiger partial charge in [-0.25, -0.2) is 0 Å². The molecule has 1 aromatic heterocycles. The molecule has 2 aromatic carbocycles. The topological polar surface area (TPSA) is 89.4 Å². The van der Waals surface area contributed by atoms with Crippen molar-refractivity contribution in [2.24, 2.45) is 0 Å². The molecule has 8 heteroatoms. The highest BCUT2D eigenvalue weighted by atomic mass is 35.5. The Morgan fingerprint density at radius 3 is 2.21 bits per heavy atom. The lowest BCUT2D eigenvalue weighted by atomic mass is 10.1. The van der Waals surface area contributed by atoms with Crippen LogP contribution in [0.4, 0.5) is 0 Å². The van der Waals surface area contributed by atoms with Gasteiger partial charge in [-0.1, -0.05) is 17.7 Å². The summed E-state index contributed by atoms with van der Waals surface area (Å²) in [5.41, 5.74) is 1.47. The molecular weight excluding hydrogens is 442 g/mol. The molecule has 2 atom stereocenters. The zero-order valence-electron chi connectivity index (χ0n) is 18.1. The van der Waals surface area contributed by atoms with Gasteiger partial charge in [0, 0.05) is 41.2 Å². The standard InChI is InChI=1S/C25H24ClN3O4/c1-33-22-15-17(10-13-19(22)26)25(32)28-21-6-4-5-20(21)27-24(31)16-8-11-18(12-9-16)29-14-3-2-7-23(29)30/h2-3,7-15,20-21H,4-6H2,1H3,(H,27,31)(H,28,32). The number of carbonyl (C=O) groups excluding carboxylic acids is 2. The van der Waals surface area contributed by atoms with Crippen LogP contribution in [-0.4, -0.2) is 35.6 Å². The molecule has 1 saturated carbocycles. The minimum Gasteiger partial charge on any atom is -0.495 e. The third-order valence-electron chi connectivity index (χ3n) is 5.79. The Kier molecular flexibility index (Phi) is 6.79. The zero-order valence-corrected chi connectivity index (χ0v) is 18.8. The van der Waals surface area contributed by atoms with Gasteiger partial charge in [0.1, 0.15) is 5.75 Å². The smallest absolute Gasteiger partial charge is 0.255 e. The first-order valence-corrected chi connectivity index (χ1v) is 11.1. The number of methoxy groups -OCH3 is 1. The minimum atomic E-state index is -0.242. The van der Waals surface area contributed by atoms with Gasteiger partial charge in [-0.2, -0.15) is 0 Å². The zero-order chi connectivity index (χ0) is 23.4. The fourth-order valence-corrected chi connectivity index (χ4v) is 4.22. The molecule has 0 bridgehead atoms. The number of hydrogen-bond donors (Lipinski definition) is 2. The molecular formula is C25H24ClN3O4. The summed E-state index contributed by atoms with van der Waals surface area (Å²) in [5.74, 6) is -0.0307. The molecule has 1 aliphatic carbocycles. The molecule has 2 unspecified atom stereocenters. The number of nitrogens with one attached hydrogen (secondary N) is 2. The van der Waals surface area contributed by atoms with E-state index in [1.165, 1.54) is 17.7 Å². The van der Waals surface area contributed by atoms with Crippen LogP contribution in [0.25, 0.3) is 5.69 Å². The number of amides is 2. The van der Waals surface area contributed by atoms with E-state index < -0.39 is 0 Å². The van der Waals surface area contributed by atoms with Gasteiger partial charge >= 0.3 is 0 Å². The first-order valence-electron chi connectivity index (χ1n) is 10.7. The Balaban J connectivity index is 1.41. The van der Waals surface area contributed by atoms with Crippen LogP contribution in [0.15, 0.2) is 71.7 Å². The van der Waals surface area contributed by atoms with E-state index in [1.54, 1.807) is 60.8 Å². The van der Waals surface area contributed by atoms with Crippen LogP contribution in [0.3, 0.4) is 0 Å². The lowest BCUT2D eigenvalue weighted by Gasteiger charge is -2.22. The van der Waals surface area contributed by atoms with Crippen molar-refractivity contribution >= 4 is 23.4 Å². The van der Waals surface area contributed by atoms with Crippen LogP contribution in [0.1, 0.15) is 40.0 Å². The van der Waals surface area contributed by atoms with Crippen LogP contribution in [0, 0.1) is 0 Å². The number of carbonyl (C=O) groups is 2. The number of benzene rings is 2. The van der Waals surface area contributed by atoms with Crippen LogP contribution in [-0.2, 0) is 0 Å². The Labute approximate surface area is 196 Å². The van der Waals surface area contributed by atoms with E-state index in [0.29, 0.717) is 27.6 Å². The molecule has 33 heavy (non-hydrogen) atoms. The average Bonchev–Trinajstić information content (AvgIpc) is 3.26. The first-order chi connectivity index (χ1) is 16.0. The molecule has 0 saturated heterocycles. The van der Waals surface area contributed by atoms with E-state index >= 15 is 0 Å². The lowest BCUT2D eigenvalue weighted by molar-refractivity contribution is 0.0891. The maximum atomic E-state index is 12.8. The van der Waals surface area contributed by atoms with Crippen molar-refractivity contribution in [2.45, 2.75) is 31.3 Å². The van der Waals surface area contributed by atoms with E-state index in [2.05, 4.69) is 10.6 Å². The van der Waals surface area contributed by atoms with Gasteiger partial charge < -0.3 is 15.4 Å². The van der Waals surface area contributed by atoms with Gasteiger partial charge in [0.2, 0.25) is 0 Å². The normalized spacial score (nSPS) is 17.4. The van der Waals surface area contributed by atoms with Crippen molar-refractivity contribution < 1.29 is 14.3 Å². The summed E-state index contributed by atoms with van der Waals surface area (Å²) < 4.78 is 6.69. The fourth-order valence-electron chi connectivity index (χ4n) is 4.02. The second-order valence-corrected chi connectivity index (χ2v) is 8.30. The van der Waals surface area contributed by atoms with Gasteiger partial charge in [0.25, 0.3) is 17.4 Å². The quantitative estimate of drug-likeness (QED) is 0.582. The molecule has 0 aliphatic heterocycles. The number of hydrogen-bond acceptors (Lipinski definition) is 4. The molecule has 2 amide bonds. The third kappa shape index (κ3) is 5.09. The van der Waals surface area contributed by atoms with Crippen LogP contribution in [0.2, 0.25) is 5.02 Å². The maximum absolute atomic E-state index is 12.8. The van der Waals surface area contributed by atoms with Crippen LogP contribution in [0.5, 0.6) is 5.75 Å². The van der Waals surface area contributed by atoms with Crippen LogP contribution >= 0.6 is 11.6 Å². The molecule has 1 aliphatic rings. The van der Waals surface area contributed by atoms with E-state index in [0.717, 1.165) is 19.3 Å². The molecule has 7 nitrogen and oxygen atoms in total. The number of nitrogens with zero attached hydrogens (tertiary/aromatic N) is 1. The van der Waals surface area contributed by atoms with E-state index in [4.69, 9.17) is 16.3 Å². The molecule has 0 spiro atoms. The summed E-state index contributed by atoms with van der Waals surface area (Å²) >= 11 is 6.04. The molecule has 2 N–H and O–H groups in total. The van der Waals surface area contributed by atoms with E-state index in [9.17, 15) is 14.4 Å². The molecule has 1 heterocycles. The number of ether oxygens (including phenoxy) is 1. The largest absolute Gasteiger partial charge is 0.495 e. The van der Waals surface area contributed by atoms with Gasteiger partial charge in [-0.15, -0.1) is 0 Å². The van der Waals surface area contributed by atoms with E-state index in [1.807, 2.05) is 0 Å². The second-order valence-electron chi connectivity index (χ2n) is 7.90. The highest BCUT2D eigenvalue weighted by Gasteiger charge is 2.30. The monoisotopic (exact) mass is 465 g/mol. The summed E-state index contributed by atoms with van der Waals surface area (Å²) in [7, 11) is 1.50. The highest BCUT2D eigenvalue weighted by molar-refractivity contribution is 6.32. The van der Waals surface area contributed by atoms with Crippen molar-refractivity contribution in [3.8, 4) is 11.4 Å². The molecule has 3 aromatic rings. The maximum Gasteiger partial charge on any atom is 0.255 e. The van der Waals surface area contributed by atoms with Gasteiger partial charge in [0.15, 0.2) is 0 Å². The van der Waals surface area contributed by atoms with Gasteiger partial charge in [0.05, 0.1) is 12.1 Å². The van der Waals surface area contributed by atoms with Gasteiger partial charge in [-0.05, 0) is 67.8 Å². The van der Waals surface area contributed by atoms with Crippen molar-refractivity contribution in [2.75, 3.05) is 7.11 Å². The fraction of sp³-hybridized carbons (Fsp3) is 0.240. The van der Waals surface area contributed by atoms with Crippen molar-refractivity contribution in [1.29, 1.82) is 0 Å². The predicted octanol–water partition coefficient (Wildman–Crippen LogP) is 3.58. The molecule has 4 rings (SSSR count). The van der Waals surface area contributed by atoms with E-state index in [-0.39, 0.29) is 29.5 Å². The SMILES string of the molecule is COc1cc(C(=O)NC2CCCC2NC(=O)c2ccc(-n3ccccc3=O)cc2)ccc1Cl. The number of rotatable bonds is 6. The third-order valence-corrected chi connectivity index (χ3v) is 6.10. The summed E-state index contributed by atoms with van der Waals surface area (Å²) in [6.07, 6.45) is 4.13. The highest BCUT2D eigenvalue weighted by Crippen LogP contribution is 2.26. The predicted molar refractivity (Wildman–Crippen MR) is 126 cm³/mol. The lowest BCUT2D eigenvalue weighted by Crippen LogP contribution is -2.48. The van der Waals surface area contributed by atoms with Crippen LogP contribution < -0.4 is 20.9 Å². The second kappa shape index (κ2) is 9.92. The summed E-state index contributed by atoms with van der Waals surface area (Å²) in [4.78, 5) is 37.5.